The van der Waals surface area contributed by atoms with Crippen molar-refractivity contribution in [1.29, 1.82) is 0 Å². The molecule has 7 heteroatoms. The van der Waals surface area contributed by atoms with Crippen molar-refractivity contribution in [3.8, 4) is 0 Å². The minimum atomic E-state index is -0.500. The van der Waals surface area contributed by atoms with Crippen molar-refractivity contribution in [2.45, 2.75) is 6.92 Å². The first kappa shape index (κ1) is 14.1. The number of hydrazine groups is 1. The van der Waals surface area contributed by atoms with Crippen LogP contribution in [0.2, 0.25) is 5.02 Å². The van der Waals surface area contributed by atoms with Crippen LogP contribution in [0, 0.1) is 17.0 Å². The smallest absolute Gasteiger partial charge is 0.316 e. The highest BCUT2D eigenvalue weighted by Crippen LogP contribution is 2.36. The molecule has 20 heavy (non-hydrogen) atoms. The van der Waals surface area contributed by atoms with Crippen molar-refractivity contribution in [3.05, 3.63) is 57.1 Å². The standard InChI is InChI=1S/C13H13ClN4O2/c1-8-5-6-10(9(14)7-8)16-11-3-2-4-12(17-15)13(11)18(19)20/h2-7,16-17H,15H2,1H3. The zero-order valence-corrected chi connectivity index (χ0v) is 11.4. The summed E-state index contributed by atoms with van der Waals surface area (Å²) < 4.78 is 0. The zero-order valence-electron chi connectivity index (χ0n) is 10.7. The van der Waals surface area contributed by atoms with Gasteiger partial charge in [0.2, 0.25) is 0 Å². The molecule has 0 saturated heterocycles. The largest absolute Gasteiger partial charge is 0.349 e. The fraction of sp³-hybridized carbons (Fsp3) is 0.0769. The third-order valence-corrected chi connectivity index (χ3v) is 3.08. The summed E-state index contributed by atoms with van der Waals surface area (Å²) in [6.07, 6.45) is 0. The summed E-state index contributed by atoms with van der Waals surface area (Å²) in [6.45, 7) is 1.91. The number of benzene rings is 2. The molecule has 0 fully saturated rings. The Kier molecular flexibility index (Phi) is 4.07. The normalized spacial score (nSPS) is 10.2. The number of hydrogen-bond donors (Lipinski definition) is 3. The number of nitrogens with one attached hydrogen (secondary N) is 2. The first-order chi connectivity index (χ1) is 9.52. The van der Waals surface area contributed by atoms with Gasteiger partial charge in [-0.3, -0.25) is 16.0 Å². The van der Waals surface area contributed by atoms with E-state index in [4.69, 9.17) is 17.4 Å². The van der Waals surface area contributed by atoms with Gasteiger partial charge in [0.25, 0.3) is 0 Å². The highest BCUT2D eigenvalue weighted by atomic mass is 35.5. The van der Waals surface area contributed by atoms with E-state index < -0.39 is 4.92 Å². The van der Waals surface area contributed by atoms with Gasteiger partial charge < -0.3 is 10.7 Å². The molecule has 104 valence electrons. The van der Waals surface area contributed by atoms with Crippen LogP contribution in [0.5, 0.6) is 0 Å². The molecule has 0 aliphatic carbocycles. The number of rotatable bonds is 4. The minimum absolute atomic E-state index is 0.133. The van der Waals surface area contributed by atoms with E-state index in [9.17, 15) is 10.1 Å². The van der Waals surface area contributed by atoms with Crippen molar-refractivity contribution < 1.29 is 4.92 Å². The molecule has 2 rings (SSSR count). The van der Waals surface area contributed by atoms with Crippen molar-refractivity contribution in [2.24, 2.45) is 5.84 Å². The van der Waals surface area contributed by atoms with E-state index in [2.05, 4.69) is 10.7 Å². The van der Waals surface area contributed by atoms with Crippen LogP contribution >= 0.6 is 11.6 Å². The minimum Gasteiger partial charge on any atom is -0.349 e. The Bertz CT molecular complexity index is 661. The maximum atomic E-state index is 11.2. The van der Waals surface area contributed by atoms with E-state index in [0.29, 0.717) is 16.4 Å². The second-order valence-corrected chi connectivity index (χ2v) is 4.62. The second kappa shape index (κ2) is 5.77. The number of aryl methyl sites for hydroxylation is 1. The Morgan fingerprint density at radius 3 is 2.50 bits per heavy atom. The summed E-state index contributed by atoms with van der Waals surface area (Å²) in [6, 6.07) is 10.2. The molecular weight excluding hydrogens is 280 g/mol. The zero-order chi connectivity index (χ0) is 14.7. The summed E-state index contributed by atoms with van der Waals surface area (Å²) in [4.78, 5) is 10.7. The van der Waals surface area contributed by atoms with Gasteiger partial charge in [-0.2, -0.15) is 0 Å². The van der Waals surface area contributed by atoms with Crippen molar-refractivity contribution in [1.82, 2.24) is 0 Å². The lowest BCUT2D eigenvalue weighted by atomic mass is 10.2. The van der Waals surface area contributed by atoms with Crippen molar-refractivity contribution >= 4 is 34.4 Å². The molecule has 0 saturated carbocycles. The molecule has 2 aromatic carbocycles. The third kappa shape index (κ3) is 2.81. The number of hydrogen-bond acceptors (Lipinski definition) is 5. The van der Waals surface area contributed by atoms with Crippen molar-refractivity contribution in [2.75, 3.05) is 10.7 Å². The highest BCUT2D eigenvalue weighted by Gasteiger charge is 2.19. The molecule has 0 bridgehead atoms. The van der Waals surface area contributed by atoms with E-state index in [-0.39, 0.29) is 11.4 Å². The summed E-state index contributed by atoms with van der Waals surface area (Å²) >= 11 is 6.11. The van der Waals surface area contributed by atoms with Crippen LogP contribution in [-0.2, 0) is 0 Å². The Morgan fingerprint density at radius 1 is 1.20 bits per heavy atom. The molecule has 0 heterocycles. The SMILES string of the molecule is Cc1ccc(Nc2cccc(NN)c2[N+](=O)[O-])c(Cl)c1. The topological polar surface area (TPSA) is 93.2 Å². The average molecular weight is 293 g/mol. The Hall–Kier alpha value is -2.31. The number of nitrogens with zero attached hydrogens (tertiary/aromatic N) is 1. The Balaban J connectivity index is 2.45. The number of nitro benzene ring substituents is 1. The van der Waals surface area contributed by atoms with Gasteiger partial charge in [-0.25, -0.2) is 0 Å². The van der Waals surface area contributed by atoms with E-state index in [1.54, 1.807) is 24.3 Å². The van der Waals surface area contributed by atoms with Gasteiger partial charge in [0.1, 0.15) is 11.4 Å². The first-order valence-electron chi connectivity index (χ1n) is 5.80. The fourth-order valence-electron chi connectivity index (χ4n) is 1.82. The number of nitro groups is 1. The molecule has 0 aromatic heterocycles. The van der Waals surface area contributed by atoms with Gasteiger partial charge in [-0.1, -0.05) is 23.7 Å². The van der Waals surface area contributed by atoms with Gasteiger partial charge in [0.05, 0.1) is 15.6 Å². The van der Waals surface area contributed by atoms with E-state index in [0.717, 1.165) is 5.56 Å². The average Bonchev–Trinajstić information content (AvgIpc) is 2.41. The molecule has 0 atom stereocenters. The van der Waals surface area contributed by atoms with Gasteiger partial charge in [-0.15, -0.1) is 0 Å². The highest BCUT2D eigenvalue weighted by molar-refractivity contribution is 6.33. The van der Waals surface area contributed by atoms with E-state index in [1.807, 2.05) is 13.0 Å². The molecule has 0 unspecified atom stereocenters. The second-order valence-electron chi connectivity index (χ2n) is 4.21. The number of nitrogen functional groups attached to an aromatic ring is 1. The summed E-state index contributed by atoms with van der Waals surface area (Å²) in [7, 11) is 0. The summed E-state index contributed by atoms with van der Waals surface area (Å²) in [5.41, 5.74) is 4.32. The van der Waals surface area contributed by atoms with Crippen LogP contribution < -0.4 is 16.6 Å². The number of halogens is 1. The van der Waals surface area contributed by atoms with Crippen LogP contribution in [0.15, 0.2) is 36.4 Å². The number of para-hydroxylation sites is 1. The van der Waals surface area contributed by atoms with E-state index >= 15 is 0 Å². The van der Waals surface area contributed by atoms with Gasteiger partial charge >= 0.3 is 5.69 Å². The van der Waals surface area contributed by atoms with Gasteiger partial charge in [-0.05, 0) is 36.8 Å². The summed E-state index contributed by atoms with van der Waals surface area (Å²) in [5, 5.41) is 14.6. The van der Waals surface area contributed by atoms with Crippen LogP contribution in [-0.4, -0.2) is 4.92 Å². The predicted molar refractivity (Wildman–Crippen MR) is 80.4 cm³/mol. The maximum Gasteiger partial charge on any atom is 0.316 e. The molecule has 0 radical (unpaired) electrons. The van der Waals surface area contributed by atoms with Gasteiger partial charge in [0.15, 0.2) is 0 Å². The first-order valence-corrected chi connectivity index (χ1v) is 6.18. The van der Waals surface area contributed by atoms with Crippen LogP contribution in [0.25, 0.3) is 0 Å². The quantitative estimate of drug-likeness (QED) is 0.455. The summed E-state index contributed by atoms with van der Waals surface area (Å²) in [5.74, 6) is 5.29. The molecule has 0 spiro atoms. The van der Waals surface area contributed by atoms with Crippen LogP contribution in [0.3, 0.4) is 0 Å². The molecule has 6 nitrogen and oxygen atoms in total. The van der Waals surface area contributed by atoms with Crippen molar-refractivity contribution in [3.63, 3.8) is 0 Å². The molecular formula is C13H13ClN4O2. The number of anilines is 3. The Morgan fingerprint density at radius 2 is 1.90 bits per heavy atom. The predicted octanol–water partition coefficient (Wildman–Crippen LogP) is 3.59. The molecule has 0 aliphatic rings. The molecule has 0 amide bonds. The maximum absolute atomic E-state index is 11.2. The molecule has 0 aliphatic heterocycles. The lowest BCUT2D eigenvalue weighted by molar-refractivity contribution is -0.383. The number of nitrogens with two attached hydrogens (primary N) is 1. The molecule has 4 N–H and O–H groups in total. The van der Waals surface area contributed by atoms with Crippen LogP contribution in [0.1, 0.15) is 5.56 Å². The van der Waals surface area contributed by atoms with Gasteiger partial charge in [0, 0.05) is 0 Å². The monoisotopic (exact) mass is 292 g/mol. The Labute approximate surface area is 120 Å². The fourth-order valence-corrected chi connectivity index (χ4v) is 2.11. The van der Waals surface area contributed by atoms with E-state index in [1.165, 1.54) is 6.07 Å². The third-order valence-electron chi connectivity index (χ3n) is 2.77. The van der Waals surface area contributed by atoms with Crippen LogP contribution in [0.4, 0.5) is 22.7 Å². The lowest BCUT2D eigenvalue weighted by Crippen LogP contribution is -2.10. The lowest BCUT2D eigenvalue weighted by Gasteiger charge is -2.11. The molecule has 2 aromatic rings.